The Bertz CT molecular complexity index is 1310. The third-order valence-electron chi connectivity index (χ3n) is 6.03. The van der Waals surface area contributed by atoms with Crippen molar-refractivity contribution < 1.29 is 4.74 Å². The van der Waals surface area contributed by atoms with E-state index < -0.39 is 0 Å². The molecule has 4 aromatic rings. The molecule has 2 aromatic heterocycles. The molecule has 2 aromatic carbocycles. The number of ether oxygens (including phenoxy) is 1. The summed E-state index contributed by atoms with van der Waals surface area (Å²) in [5.41, 5.74) is 5.10. The van der Waals surface area contributed by atoms with Gasteiger partial charge in [0.15, 0.2) is 5.11 Å². The SMILES string of the molecule is CCOc1ccc(N2C(=S)N[C@H](c3ccccn3)[C@H]2c2cccn2-c2ccc(Cl)c(C)c2)cc1. The smallest absolute Gasteiger partial charge is 0.174 e. The minimum atomic E-state index is -0.123. The van der Waals surface area contributed by atoms with Crippen LogP contribution in [0.5, 0.6) is 5.75 Å². The molecule has 0 aliphatic carbocycles. The van der Waals surface area contributed by atoms with Gasteiger partial charge >= 0.3 is 0 Å². The molecule has 0 radical (unpaired) electrons. The van der Waals surface area contributed by atoms with Gasteiger partial charge in [0, 0.05) is 34.5 Å². The Labute approximate surface area is 210 Å². The molecule has 1 saturated heterocycles. The van der Waals surface area contributed by atoms with Gasteiger partial charge in [-0.3, -0.25) is 4.98 Å². The number of rotatable bonds is 6. The van der Waals surface area contributed by atoms with Crippen LogP contribution in [0.25, 0.3) is 5.69 Å². The minimum absolute atomic E-state index is 0.119. The summed E-state index contributed by atoms with van der Waals surface area (Å²) in [4.78, 5) is 6.82. The fourth-order valence-electron chi connectivity index (χ4n) is 4.45. The summed E-state index contributed by atoms with van der Waals surface area (Å²) in [6.45, 7) is 4.62. The van der Waals surface area contributed by atoms with Crippen molar-refractivity contribution in [3.8, 4) is 11.4 Å². The molecule has 1 aliphatic heterocycles. The first-order valence-corrected chi connectivity index (χ1v) is 12.0. The fraction of sp³-hybridized carbons (Fsp3) is 0.185. The zero-order valence-corrected chi connectivity index (χ0v) is 20.6. The predicted octanol–water partition coefficient (Wildman–Crippen LogP) is 6.41. The summed E-state index contributed by atoms with van der Waals surface area (Å²) in [5, 5.41) is 4.94. The number of halogens is 1. The van der Waals surface area contributed by atoms with Crippen LogP contribution in [0.15, 0.2) is 85.2 Å². The molecule has 1 aliphatic rings. The molecule has 2 atom stereocenters. The van der Waals surface area contributed by atoms with E-state index in [-0.39, 0.29) is 12.1 Å². The van der Waals surface area contributed by atoms with Crippen molar-refractivity contribution in [3.05, 3.63) is 107 Å². The van der Waals surface area contributed by atoms with Gasteiger partial charge in [-0.1, -0.05) is 17.7 Å². The molecular formula is C27H25ClN4OS. The molecule has 0 amide bonds. The molecule has 0 saturated carbocycles. The van der Waals surface area contributed by atoms with Crippen molar-refractivity contribution in [1.82, 2.24) is 14.9 Å². The van der Waals surface area contributed by atoms with Gasteiger partial charge in [0.05, 0.1) is 18.3 Å². The Kier molecular flexibility index (Phi) is 6.26. The normalized spacial score (nSPS) is 17.6. The summed E-state index contributed by atoms with van der Waals surface area (Å²) in [5.74, 6) is 0.835. The van der Waals surface area contributed by atoms with Gasteiger partial charge in [-0.25, -0.2) is 0 Å². The van der Waals surface area contributed by atoms with Crippen molar-refractivity contribution in [2.45, 2.75) is 25.9 Å². The van der Waals surface area contributed by atoms with Crippen LogP contribution in [0.1, 0.15) is 36.0 Å². The molecule has 34 heavy (non-hydrogen) atoms. The van der Waals surface area contributed by atoms with E-state index in [0.29, 0.717) is 11.7 Å². The molecule has 1 N–H and O–H groups in total. The van der Waals surface area contributed by atoms with Crippen molar-refractivity contribution in [1.29, 1.82) is 0 Å². The number of hydrogen-bond acceptors (Lipinski definition) is 3. The molecule has 1 fully saturated rings. The van der Waals surface area contributed by atoms with Crippen LogP contribution < -0.4 is 15.0 Å². The topological polar surface area (TPSA) is 42.3 Å². The molecule has 0 unspecified atom stereocenters. The van der Waals surface area contributed by atoms with Gasteiger partial charge in [0.2, 0.25) is 0 Å². The zero-order valence-electron chi connectivity index (χ0n) is 19.0. The highest BCUT2D eigenvalue weighted by Crippen LogP contribution is 2.42. The van der Waals surface area contributed by atoms with E-state index in [1.54, 1.807) is 0 Å². The molecule has 0 spiro atoms. The second-order valence-electron chi connectivity index (χ2n) is 8.16. The van der Waals surface area contributed by atoms with Gasteiger partial charge in [-0.2, -0.15) is 0 Å². The first-order valence-electron chi connectivity index (χ1n) is 11.2. The lowest BCUT2D eigenvalue weighted by Crippen LogP contribution is -2.30. The minimum Gasteiger partial charge on any atom is -0.494 e. The molecule has 7 heteroatoms. The quantitative estimate of drug-likeness (QED) is 0.318. The summed E-state index contributed by atoms with van der Waals surface area (Å²) < 4.78 is 7.84. The Morgan fingerprint density at radius 1 is 1.03 bits per heavy atom. The van der Waals surface area contributed by atoms with Gasteiger partial charge in [0.25, 0.3) is 0 Å². The van der Waals surface area contributed by atoms with Crippen LogP contribution in [0.2, 0.25) is 5.02 Å². The van der Waals surface area contributed by atoms with Crippen molar-refractivity contribution in [3.63, 3.8) is 0 Å². The van der Waals surface area contributed by atoms with Crippen molar-refractivity contribution in [2.75, 3.05) is 11.5 Å². The van der Waals surface area contributed by atoms with Gasteiger partial charge in [-0.15, -0.1) is 0 Å². The largest absolute Gasteiger partial charge is 0.494 e. The zero-order chi connectivity index (χ0) is 23.7. The highest BCUT2D eigenvalue weighted by molar-refractivity contribution is 7.80. The van der Waals surface area contributed by atoms with Crippen LogP contribution in [0.3, 0.4) is 0 Å². The summed E-state index contributed by atoms with van der Waals surface area (Å²) in [6.07, 6.45) is 3.89. The highest BCUT2D eigenvalue weighted by atomic mass is 35.5. The maximum Gasteiger partial charge on any atom is 0.174 e. The Morgan fingerprint density at radius 3 is 2.53 bits per heavy atom. The van der Waals surface area contributed by atoms with E-state index in [1.807, 2.05) is 74.6 Å². The lowest BCUT2D eigenvalue weighted by atomic mass is 10.0. The average molecular weight is 489 g/mol. The number of aryl methyl sites for hydroxylation is 1. The highest BCUT2D eigenvalue weighted by Gasteiger charge is 2.42. The van der Waals surface area contributed by atoms with Gasteiger partial charge in [-0.05, 0) is 98.4 Å². The average Bonchev–Trinajstić information content (AvgIpc) is 3.46. The predicted molar refractivity (Wildman–Crippen MR) is 141 cm³/mol. The number of hydrogen-bond donors (Lipinski definition) is 1. The molecule has 5 rings (SSSR count). The maximum absolute atomic E-state index is 6.31. The second kappa shape index (κ2) is 9.49. The first-order chi connectivity index (χ1) is 16.6. The number of anilines is 1. The summed E-state index contributed by atoms with van der Waals surface area (Å²) >= 11 is 12.2. The molecule has 0 bridgehead atoms. The van der Waals surface area contributed by atoms with Crippen LogP contribution in [0.4, 0.5) is 5.69 Å². The molecule has 172 valence electrons. The number of benzene rings is 2. The number of nitrogens with zero attached hydrogens (tertiary/aromatic N) is 3. The lowest BCUT2D eigenvalue weighted by Gasteiger charge is -2.29. The van der Waals surface area contributed by atoms with Gasteiger partial charge < -0.3 is 19.5 Å². The Balaban J connectivity index is 1.63. The monoisotopic (exact) mass is 488 g/mol. The fourth-order valence-corrected chi connectivity index (χ4v) is 4.92. The number of nitrogens with one attached hydrogen (secondary N) is 1. The lowest BCUT2D eigenvalue weighted by molar-refractivity contribution is 0.340. The van der Waals surface area contributed by atoms with E-state index in [4.69, 9.17) is 28.6 Å². The van der Waals surface area contributed by atoms with E-state index in [0.717, 1.165) is 39.1 Å². The standard InChI is InChI=1S/C27H25ClN4OS/c1-3-33-21-12-9-19(10-13-21)32-26(25(30-27(32)34)23-7-4-5-15-29-23)24-8-6-16-31(24)20-11-14-22(28)18(2)17-20/h4-17,25-26H,3H2,1-2H3,(H,30,34)/t25-,26-/m1/s1. The van der Waals surface area contributed by atoms with Crippen molar-refractivity contribution in [2.24, 2.45) is 0 Å². The summed E-state index contributed by atoms with van der Waals surface area (Å²) in [6, 6.07) is 24.1. The molecule has 3 heterocycles. The molecular weight excluding hydrogens is 464 g/mol. The van der Waals surface area contributed by atoms with Crippen molar-refractivity contribution >= 4 is 34.6 Å². The van der Waals surface area contributed by atoms with Crippen LogP contribution in [0, 0.1) is 6.92 Å². The second-order valence-corrected chi connectivity index (χ2v) is 8.95. The van der Waals surface area contributed by atoms with Crippen LogP contribution in [-0.4, -0.2) is 21.3 Å². The molecule has 5 nitrogen and oxygen atoms in total. The number of thiocarbonyl (C=S) groups is 1. The first kappa shape index (κ1) is 22.4. The third-order valence-corrected chi connectivity index (χ3v) is 6.77. The van der Waals surface area contributed by atoms with E-state index in [9.17, 15) is 0 Å². The van der Waals surface area contributed by atoms with Crippen LogP contribution in [-0.2, 0) is 0 Å². The number of pyridine rings is 1. The number of aromatic nitrogens is 2. The van der Waals surface area contributed by atoms with Gasteiger partial charge in [0.1, 0.15) is 11.8 Å². The Hall–Kier alpha value is -3.35. The summed E-state index contributed by atoms with van der Waals surface area (Å²) in [7, 11) is 0. The van der Waals surface area contributed by atoms with E-state index in [1.165, 1.54) is 0 Å². The van der Waals surface area contributed by atoms with E-state index in [2.05, 4.69) is 44.2 Å². The maximum atomic E-state index is 6.31. The third kappa shape index (κ3) is 4.15. The Morgan fingerprint density at radius 2 is 1.82 bits per heavy atom. The van der Waals surface area contributed by atoms with Crippen LogP contribution >= 0.6 is 23.8 Å². The van der Waals surface area contributed by atoms with E-state index >= 15 is 0 Å².